The fourth-order valence-corrected chi connectivity index (χ4v) is 3.05. The standard InChI is InChI=1S/C18H22N2/c1-14-5-3-6-15(2)18(14)16-7-4-8-17(13-16)20-11-9-19-10-12-20/h3-8,13,19H,9-12H2,1-2H3. The highest BCUT2D eigenvalue weighted by Crippen LogP contribution is 2.30. The summed E-state index contributed by atoms with van der Waals surface area (Å²) in [6, 6.07) is 15.5. The Labute approximate surface area is 121 Å². The first kappa shape index (κ1) is 13.2. The summed E-state index contributed by atoms with van der Waals surface area (Å²) in [5.41, 5.74) is 6.75. The lowest BCUT2D eigenvalue weighted by Crippen LogP contribution is -2.43. The summed E-state index contributed by atoms with van der Waals surface area (Å²) >= 11 is 0. The van der Waals surface area contributed by atoms with Crippen molar-refractivity contribution in [3.05, 3.63) is 53.6 Å². The molecule has 3 rings (SSSR count). The molecule has 1 fully saturated rings. The first-order chi connectivity index (χ1) is 9.75. The van der Waals surface area contributed by atoms with Gasteiger partial charge in [-0.25, -0.2) is 0 Å². The molecule has 0 radical (unpaired) electrons. The minimum Gasteiger partial charge on any atom is -0.369 e. The fraction of sp³-hybridized carbons (Fsp3) is 0.333. The Bertz CT molecular complexity index is 578. The SMILES string of the molecule is Cc1cccc(C)c1-c1cccc(N2CCNCC2)c1. The van der Waals surface area contributed by atoms with Gasteiger partial charge in [0.1, 0.15) is 0 Å². The molecular formula is C18H22N2. The second-order valence-electron chi connectivity index (χ2n) is 5.55. The molecule has 1 saturated heterocycles. The van der Waals surface area contributed by atoms with E-state index in [-0.39, 0.29) is 0 Å². The van der Waals surface area contributed by atoms with Gasteiger partial charge in [-0.05, 0) is 48.2 Å². The highest BCUT2D eigenvalue weighted by molar-refractivity contribution is 5.74. The zero-order chi connectivity index (χ0) is 13.9. The third-order valence-electron chi connectivity index (χ3n) is 4.10. The summed E-state index contributed by atoms with van der Waals surface area (Å²) in [4.78, 5) is 2.47. The number of benzene rings is 2. The summed E-state index contributed by atoms with van der Waals surface area (Å²) in [6.45, 7) is 8.73. The number of hydrogen-bond donors (Lipinski definition) is 1. The van der Waals surface area contributed by atoms with Crippen LogP contribution in [0, 0.1) is 13.8 Å². The van der Waals surface area contributed by atoms with Crippen LogP contribution >= 0.6 is 0 Å². The average Bonchev–Trinajstić information content (AvgIpc) is 2.48. The van der Waals surface area contributed by atoms with Crippen LogP contribution in [0.25, 0.3) is 11.1 Å². The van der Waals surface area contributed by atoms with Gasteiger partial charge in [-0.15, -0.1) is 0 Å². The van der Waals surface area contributed by atoms with Crippen LogP contribution in [0.2, 0.25) is 0 Å². The minimum atomic E-state index is 1.08. The molecule has 2 aromatic carbocycles. The average molecular weight is 266 g/mol. The molecule has 2 aromatic rings. The van der Waals surface area contributed by atoms with E-state index >= 15 is 0 Å². The van der Waals surface area contributed by atoms with Gasteiger partial charge in [0.05, 0.1) is 0 Å². The molecule has 0 saturated carbocycles. The zero-order valence-corrected chi connectivity index (χ0v) is 12.3. The Balaban J connectivity index is 1.98. The van der Waals surface area contributed by atoms with Crippen molar-refractivity contribution in [2.75, 3.05) is 31.1 Å². The van der Waals surface area contributed by atoms with Gasteiger partial charge in [0, 0.05) is 31.9 Å². The molecule has 2 nitrogen and oxygen atoms in total. The largest absolute Gasteiger partial charge is 0.369 e. The number of nitrogens with one attached hydrogen (secondary N) is 1. The van der Waals surface area contributed by atoms with E-state index in [2.05, 4.69) is 66.5 Å². The Hall–Kier alpha value is -1.80. The fourth-order valence-electron chi connectivity index (χ4n) is 3.05. The first-order valence-corrected chi connectivity index (χ1v) is 7.38. The lowest BCUT2D eigenvalue weighted by molar-refractivity contribution is 0.589. The maximum atomic E-state index is 3.41. The van der Waals surface area contributed by atoms with Crippen molar-refractivity contribution < 1.29 is 0 Å². The van der Waals surface area contributed by atoms with Gasteiger partial charge >= 0.3 is 0 Å². The number of piperazine rings is 1. The van der Waals surface area contributed by atoms with Crippen LogP contribution in [0.3, 0.4) is 0 Å². The molecule has 0 amide bonds. The Morgan fingerprint density at radius 1 is 0.900 bits per heavy atom. The third kappa shape index (κ3) is 2.56. The normalized spacial score (nSPS) is 15.4. The highest BCUT2D eigenvalue weighted by atomic mass is 15.2. The second-order valence-corrected chi connectivity index (χ2v) is 5.55. The summed E-state index contributed by atoms with van der Waals surface area (Å²) in [7, 11) is 0. The van der Waals surface area contributed by atoms with Gasteiger partial charge < -0.3 is 10.2 Å². The molecule has 104 valence electrons. The topological polar surface area (TPSA) is 15.3 Å². The molecule has 0 aromatic heterocycles. The molecule has 0 spiro atoms. The van der Waals surface area contributed by atoms with E-state index in [4.69, 9.17) is 0 Å². The molecular weight excluding hydrogens is 244 g/mol. The predicted molar refractivity (Wildman–Crippen MR) is 86.4 cm³/mol. The maximum absolute atomic E-state index is 3.41. The van der Waals surface area contributed by atoms with Crippen LogP contribution in [0.5, 0.6) is 0 Å². The van der Waals surface area contributed by atoms with Gasteiger partial charge in [-0.1, -0.05) is 30.3 Å². The van der Waals surface area contributed by atoms with Crippen molar-refractivity contribution >= 4 is 5.69 Å². The number of nitrogens with zero attached hydrogens (tertiary/aromatic N) is 1. The summed E-state index contributed by atoms with van der Waals surface area (Å²) in [5, 5.41) is 3.41. The van der Waals surface area contributed by atoms with Crippen LogP contribution < -0.4 is 10.2 Å². The van der Waals surface area contributed by atoms with Crippen LogP contribution in [-0.4, -0.2) is 26.2 Å². The first-order valence-electron chi connectivity index (χ1n) is 7.38. The minimum absolute atomic E-state index is 1.08. The molecule has 20 heavy (non-hydrogen) atoms. The van der Waals surface area contributed by atoms with Crippen LogP contribution in [0.15, 0.2) is 42.5 Å². The second kappa shape index (κ2) is 5.68. The maximum Gasteiger partial charge on any atom is 0.0373 e. The molecule has 1 N–H and O–H groups in total. The van der Waals surface area contributed by atoms with Crippen molar-refractivity contribution in [3.63, 3.8) is 0 Å². The van der Waals surface area contributed by atoms with Gasteiger partial charge in [-0.3, -0.25) is 0 Å². The molecule has 1 aliphatic rings. The zero-order valence-electron chi connectivity index (χ0n) is 12.3. The molecule has 0 unspecified atom stereocenters. The third-order valence-corrected chi connectivity index (χ3v) is 4.10. The van der Waals surface area contributed by atoms with E-state index < -0.39 is 0 Å². The summed E-state index contributed by atoms with van der Waals surface area (Å²) < 4.78 is 0. The Kier molecular flexibility index (Phi) is 3.75. The monoisotopic (exact) mass is 266 g/mol. The number of rotatable bonds is 2. The predicted octanol–water partition coefficient (Wildman–Crippen LogP) is 3.38. The molecule has 2 heteroatoms. The highest BCUT2D eigenvalue weighted by Gasteiger charge is 2.12. The molecule has 0 aliphatic carbocycles. The van der Waals surface area contributed by atoms with E-state index in [0.29, 0.717) is 0 Å². The number of hydrogen-bond acceptors (Lipinski definition) is 2. The van der Waals surface area contributed by atoms with Gasteiger partial charge in [0.2, 0.25) is 0 Å². The van der Waals surface area contributed by atoms with E-state index in [0.717, 1.165) is 26.2 Å². The lowest BCUT2D eigenvalue weighted by Gasteiger charge is -2.30. The van der Waals surface area contributed by atoms with Crippen molar-refractivity contribution in [1.29, 1.82) is 0 Å². The van der Waals surface area contributed by atoms with Crippen molar-refractivity contribution in [2.24, 2.45) is 0 Å². The molecule has 1 heterocycles. The van der Waals surface area contributed by atoms with Crippen LogP contribution in [-0.2, 0) is 0 Å². The van der Waals surface area contributed by atoms with Gasteiger partial charge in [0.25, 0.3) is 0 Å². The van der Waals surface area contributed by atoms with E-state index in [1.807, 2.05) is 0 Å². The summed E-state index contributed by atoms with van der Waals surface area (Å²) in [6.07, 6.45) is 0. The van der Waals surface area contributed by atoms with Crippen molar-refractivity contribution in [2.45, 2.75) is 13.8 Å². The molecule has 1 aliphatic heterocycles. The van der Waals surface area contributed by atoms with E-state index in [9.17, 15) is 0 Å². The quantitative estimate of drug-likeness (QED) is 0.896. The van der Waals surface area contributed by atoms with Gasteiger partial charge in [-0.2, -0.15) is 0 Å². The Morgan fingerprint density at radius 2 is 1.55 bits per heavy atom. The lowest BCUT2D eigenvalue weighted by atomic mass is 9.95. The van der Waals surface area contributed by atoms with Crippen molar-refractivity contribution in [1.82, 2.24) is 5.32 Å². The number of anilines is 1. The van der Waals surface area contributed by atoms with Crippen LogP contribution in [0.4, 0.5) is 5.69 Å². The number of aryl methyl sites for hydroxylation is 2. The van der Waals surface area contributed by atoms with Gasteiger partial charge in [0.15, 0.2) is 0 Å². The molecule has 0 atom stereocenters. The van der Waals surface area contributed by atoms with E-state index in [1.165, 1.54) is 27.9 Å². The van der Waals surface area contributed by atoms with Crippen molar-refractivity contribution in [3.8, 4) is 11.1 Å². The summed E-state index contributed by atoms with van der Waals surface area (Å²) in [5.74, 6) is 0. The van der Waals surface area contributed by atoms with E-state index in [1.54, 1.807) is 0 Å². The van der Waals surface area contributed by atoms with Crippen LogP contribution in [0.1, 0.15) is 11.1 Å². The molecule has 0 bridgehead atoms. The Morgan fingerprint density at radius 3 is 2.25 bits per heavy atom. The smallest absolute Gasteiger partial charge is 0.0373 e.